The maximum Gasteiger partial charge on any atom is 0.251 e. The molecule has 4 aliphatic carbocycles. The van der Waals surface area contributed by atoms with Crippen LogP contribution in [-0.2, 0) is 14.9 Å². The average molecular weight is 532 g/mol. The molecule has 0 atom stereocenters. The van der Waals surface area contributed by atoms with E-state index in [1.807, 2.05) is 0 Å². The Labute approximate surface area is 231 Å². The van der Waals surface area contributed by atoms with E-state index in [9.17, 15) is 9.59 Å². The molecule has 1 saturated heterocycles. The lowest BCUT2D eigenvalue weighted by Gasteiger charge is -2.57. The van der Waals surface area contributed by atoms with Crippen LogP contribution in [0.3, 0.4) is 0 Å². The highest BCUT2D eigenvalue weighted by molar-refractivity contribution is 5.97. The molecular formula is C32H41N3O4. The molecule has 4 saturated carbocycles. The first kappa shape index (κ1) is 26.3. The van der Waals surface area contributed by atoms with Gasteiger partial charge in [-0.05, 0) is 97.6 Å². The Morgan fingerprint density at radius 3 is 2.33 bits per heavy atom. The monoisotopic (exact) mass is 531 g/mol. The number of amides is 2. The van der Waals surface area contributed by atoms with E-state index < -0.39 is 0 Å². The van der Waals surface area contributed by atoms with Gasteiger partial charge in [0, 0.05) is 37.4 Å². The van der Waals surface area contributed by atoms with Crippen LogP contribution < -0.4 is 15.4 Å². The molecule has 2 N–H and O–H groups in total. The molecule has 2 amide bonds. The van der Waals surface area contributed by atoms with Gasteiger partial charge in [-0.1, -0.05) is 18.2 Å². The molecule has 4 bridgehead atoms. The van der Waals surface area contributed by atoms with Crippen molar-refractivity contribution in [2.75, 3.05) is 51.3 Å². The fraction of sp³-hybridized carbons (Fsp3) is 0.562. The molecule has 5 fully saturated rings. The van der Waals surface area contributed by atoms with Gasteiger partial charge in [0.15, 0.2) is 0 Å². The predicted molar refractivity (Wildman–Crippen MR) is 151 cm³/mol. The summed E-state index contributed by atoms with van der Waals surface area (Å²) in [6.45, 7) is 4.98. The van der Waals surface area contributed by atoms with E-state index in [1.165, 1.54) is 44.1 Å². The van der Waals surface area contributed by atoms with Gasteiger partial charge in [0.05, 0.1) is 26.2 Å². The zero-order valence-electron chi connectivity index (χ0n) is 22.8. The van der Waals surface area contributed by atoms with Crippen molar-refractivity contribution in [3.05, 3.63) is 59.7 Å². The fourth-order valence-corrected chi connectivity index (χ4v) is 7.85. The van der Waals surface area contributed by atoms with Gasteiger partial charge < -0.3 is 20.1 Å². The lowest BCUT2D eigenvalue weighted by molar-refractivity contribution is -0.116. The minimum Gasteiger partial charge on any atom is -0.493 e. The number of benzene rings is 2. The molecule has 39 heavy (non-hydrogen) atoms. The Balaban J connectivity index is 0.940. The van der Waals surface area contributed by atoms with Crippen molar-refractivity contribution in [3.63, 3.8) is 0 Å². The minimum atomic E-state index is -0.139. The van der Waals surface area contributed by atoms with E-state index in [-0.39, 0.29) is 18.2 Å². The third-order valence-corrected chi connectivity index (χ3v) is 9.33. The fourth-order valence-electron chi connectivity index (χ4n) is 7.85. The van der Waals surface area contributed by atoms with Crippen LogP contribution in [0.5, 0.6) is 5.75 Å². The maximum absolute atomic E-state index is 12.6. The second-order valence-electron chi connectivity index (χ2n) is 12.2. The van der Waals surface area contributed by atoms with Crippen molar-refractivity contribution in [1.82, 2.24) is 10.2 Å². The van der Waals surface area contributed by atoms with Gasteiger partial charge in [0.2, 0.25) is 5.91 Å². The molecule has 5 aliphatic rings. The highest BCUT2D eigenvalue weighted by atomic mass is 16.5. The molecule has 0 aromatic heterocycles. The number of anilines is 1. The summed E-state index contributed by atoms with van der Waals surface area (Å²) < 4.78 is 11.3. The molecule has 208 valence electrons. The van der Waals surface area contributed by atoms with Crippen LogP contribution in [0.25, 0.3) is 0 Å². The Morgan fingerprint density at radius 2 is 1.64 bits per heavy atom. The van der Waals surface area contributed by atoms with Crippen molar-refractivity contribution in [3.8, 4) is 5.75 Å². The molecule has 2 aromatic rings. The van der Waals surface area contributed by atoms with E-state index in [0.717, 1.165) is 56.4 Å². The predicted octanol–water partition coefficient (Wildman–Crippen LogP) is 4.62. The number of nitrogens with zero attached hydrogens (tertiary/aromatic N) is 1. The molecule has 2 aromatic carbocycles. The van der Waals surface area contributed by atoms with Crippen LogP contribution in [0.1, 0.15) is 60.9 Å². The number of morpholine rings is 1. The van der Waals surface area contributed by atoms with Gasteiger partial charge in [-0.25, -0.2) is 0 Å². The second-order valence-corrected chi connectivity index (χ2v) is 12.2. The largest absolute Gasteiger partial charge is 0.493 e. The zero-order valence-corrected chi connectivity index (χ0v) is 22.8. The van der Waals surface area contributed by atoms with Crippen molar-refractivity contribution >= 4 is 17.5 Å². The van der Waals surface area contributed by atoms with Crippen molar-refractivity contribution in [1.29, 1.82) is 0 Å². The molecular weight excluding hydrogens is 490 g/mol. The summed E-state index contributed by atoms with van der Waals surface area (Å²) in [4.78, 5) is 27.4. The van der Waals surface area contributed by atoms with E-state index in [1.54, 1.807) is 24.3 Å². The van der Waals surface area contributed by atoms with Gasteiger partial charge in [-0.2, -0.15) is 0 Å². The van der Waals surface area contributed by atoms with Crippen molar-refractivity contribution in [2.45, 2.75) is 50.4 Å². The number of rotatable bonds is 10. The van der Waals surface area contributed by atoms with Crippen LogP contribution in [0.2, 0.25) is 0 Å². The number of carbonyl (C=O) groups excluding carboxylic acids is 2. The lowest BCUT2D eigenvalue weighted by Crippen LogP contribution is -2.48. The number of hydrogen-bond donors (Lipinski definition) is 2. The molecule has 0 spiro atoms. The lowest BCUT2D eigenvalue weighted by atomic mass is 9.48. The van der Waals surface area contributed by atoms with Crippen LogP contribution in [0.4, 0.5) is 5.69 Å². The van der Waals surface area contributed by atoms with Gasteiger partial charge in [0.1, 0.15) is 5.75 Å². The Bertz CT molecular complexity index is 1120. The molecule has 7 heteroatoms. The summed E-state index contributed by atoms with van der Waals surface area (Å²) >= 11 is 0. The second kappa shape index (κ2) is 11.7. The molecule has 0 unspecified atom stereocenters. The normalized spacial score (nSPS) is 27.7. The number of carbonyl (C=O) groups is 2. The molecule has 7 nitrogen and oxygen atoms in total. The summed E-state index contributed by atoms with van der Waals surface area (Å²) in [6.07, 6.45) is 8.68. The smallest absolute Gasteiger partial charge is 0.251 e. The van der Waals surface area contributed by atoms with E-state index >= 15 is 0 Å². The van der Waals surface area contributed by atoms with Crippen LogP contribution in [0, 0.1) is 17.8 Å². The molecule has 1 aliphatic heterocycles. The van der Waals surface area contributed by atoms with E-state index in [4.69, 9.17) is 9.47 Å². The number of hydrogen-bond acceptors (Lipinski definition) is 5. The Morgan fingerprint density at radius 1 is 0.949 bits per heavy atom. The van der Waals surface area contributed by atoms with Gasteiger partial charge in [-0.3, -0.25) is 14.5 Å². The van der Waals surface area contributed by atoms with Crippen LogP contribution in [-0.4, -0.2) is 62.7 Å². The standard InChI is InChI=1S/C32H41N3O4/c36-30(34-28-3-1-2-26(19-28)31(37)33-9-10-35-11-14-38-15-12-35)8-13-39-29-6-4-27(5-7-29)32-20-23-16-24(21-32)18-25(17-23)22-32/h1-7,19,23-25H,8-18,20-22H2,(H,33,37)(H,34,36). The Hall–Kier alpha value is -2.90. The highest BCUT2D eigenvalue weighted by Gasteiger charge is 2.51. The van der Waals surface area contributed by atoms with Crippen LogP contribution in [0.15, 0.2) is 48.5 Å². The molecule has 0 radical (unpaired) electrons. The highest BCUT2D eigenvalue weighted by Crippen LogP contribution is 2.60. The summed E-state index contributed by atoms with van der Waals surface area (Å²) in [6, 6.07) is 15.7. The van der Waals surface area contributed by atoms with Gasteiger partial charge >= 0.3 is 0 Å². The van der Waals surface area contributed by atoms with Crippen LogP contribution >= 0.6 is 0 Å². The first-order valence-electron chi connectivity index (χ1n) is 14.8. The average Bonchev–Trinajstić information content (AvgIpc) is 2.93. The van der Waals surface area contributed by atoms with E-state index in [2.05, 4.69) is 39.8 Å². The number of ether oxygens (including phenoxy) is 2. The topological polar surface area (TPSA) is 79.9 Å². The van der Waals surface area contributed by atoms with Gasteiger partial charge in [-0.15, -0.1) is 0 Å². The number of nitrogens with one attached hydrogen (secondary N) is 2. The summed E-state index contributed by atoms with van der Waals surface area (Å²) in [7, 11) is 0. The summed E-state index contributed by atoms with van der Waals surface area (Å²) in [5, 5.41) is 5.86. The quantitative estimate of drug-likeness (QED) is 0.468. The molecule has 7 rings (SSSR count). The first-order valence-corrected chi connectivity index (χ1v) is 14.8. The maximum atomic E-state index is 12.6. The first-order chi connectivity index (χ1) is 19.0. The summed E-state index contributed by atoms with van der Waals surface area (Å²) in [5.41, 5.74) is 3.02. The Kier molecular flexibility index (Phi) is 7.89. The minimum absolute atomic E-state index is 0.134. The molecule has 1 heterocycles. The summed E-state index contributed by atoms with van der Waals surface area (Å²) in [5.74, 6) is 3.33. The third-order valence-electron chi connectivity index (χ3n) is 9.33. The van der Waals surface area contributed by atoms with Crippen molar-refractivity contribution < 1.29 is 19.1 Å². The zero-order chi connectivity index (χ0) is 26.7. The van der Waals surface area contributed by atoms with Crippen molar-refractivity contribution in [2.24, 2.45) is 17.8 Å². The third kappa shape index (κ3) is 6.30. The van der Waals surface area contributed by atoms with E-state index in [0.29, 0.717) is 29.8 Å². The van der Waals surface area contributed by atoms with Gasteiger partial charge in [0.25, 0.3) is 5.91 Å². The SMILES string of the molecule is O=C(CCOc1ccc(C23CC4CC(CC(C4)C2)C3)cc1)Nc1cccc(C(=O)NCCN2CCOCC2)c1.